The number of carbonyl (C=O) groups is 1. The summed E-state index contributed by atoms with van der Waals surface area (Å²) >= 11 is 1.75. The number of sulfonamides is 1. The van der Waals surface area contributed by atoms with Crippen molar-refractivity contribution >= 4 is 27.3 Å². The fourth-order valence-corrected chi connectivity index (χ4v) is 6.68. The highest BCUT2D eigenvalue weighted by Gasteiger charge is 2.29. The summed E-state index contributed by atoms with van der Waals surface area (Å²) in [5.41, 5.74) is 1.15. The van der Waals surface area contributed by atoms with E-state index in [0.29, 0.717) is 37.3 Å². The van der Waals surface area contributed by atoms with Gasteiger partial charge in [0.2, 0.25) is 10.0 Å². The van der Waals surface area contributed by atoms with Crippen LogP contribution in [0, 0.1) is 6.92 Å². The summed E-state index contributed by atoms with van der Waals surface area (Å²) in [5, 5.41) is 2.09. The maximum atomic E-state index is 13.1. The third-order valence-corrected chi connectivity index (χ3v) is 8.89. The Hall–Kier alpha value is -1.74. The number of amides is 1. The second kappa shape index (κ2) is 9.18. The highest BCUT2D eigenvalue weighted by Crippen LogP contribution is 2.25. The van der Waals surface area contributed by atoms with Crippen LogP contribution < -0.4 is 0 Å². The molecule has 3 heterocycles. The molecule has 2 saturated heterocycles. The Bertz CT molecular complexity index is 975. The number of aryl methyl sites for hydroxylation is 1. The summed E-state index contributed by atoms with van der Waals surface area (Å²) in [5.74, 6) is -0.0825. The van der Waals surface area contributed by atoms with Crippen LogP contribution in [0.3, 0.4) is 0 Å². The Kier molecular flexibility index (Phi) is 6.57. The van der Waals surface area contributed by atoms with Crippen LogP contribution in [-0.2, 0) is 16.6 Å². The summed E-state index contributed by atoms with van der Waals surface area (Å²) in [6.07, 6.45) is 2.86. The minimum atomic E-state index is -3.56. The first-order valence-electron chi connectivity index (χ1n) is 10.6. The van der Waals surface area contributed by atoms with E-state index in [2.05, 4.69) is 22.4 Å². The zero-order valence-electron chi connectivity index (χ0n) is 17.4. The standard InChI is InChI=1S/C22H29N3O3S2/c1-18-7-8-19(16-21(18)30(27,28)25-9-3-2-4-10-25)22(26)24-13-11-23(12-14-24)17-20-6-5-15-29-20/h5-8,15-16H,2-4,9-14,17H2,1H3. The highest BCUT2D eigenvalue weighted by atomic mass is 32.2. The molecular formula is C22H29N3O3S2. The largest absolute Gasteiger partial charge is 0.336 e. The van der Waals surface area contributed by atoms with Gasteiger partial charge in [-0.1, -0.05) is 18.6 Å². The minimum Gasteiger partial charge on any atom is -0.336 e. The lowest BCUT2D eigenvalue weighted by molar-refractivity contribution is 0.0629. The van der Waals surface area contributed by atoms with E-state index in [0.717, 1.165) is 38.9 Å². The van der Waals surface area contributed by atoms with Crippen molar-refractivity contribution in [1.29, 1.82) is 0 Å². The molecule has 0 aliphatic carbocycles. The summed E-state index contributed by atoms with van der Waals surface area (Å²) in [7, 11) is -3.56. The molecule has 8 heteroatoms. The van der Waals surface area contributed by atoms with Crippen LogP contribution in [0.25, 0.3) is 0 Å². The van der Waals surface area contributed by atoms with E-state index < -0.39 is 10.0 Å². The summed E-state index contributed by atoms with van der Waals surface area (Å²) in [6.45, 7) is 6.82. The summed E-state index contributed by atoms with van der Waals surface area (Å²) in [4.78, 5) is 18.9. The average molecular weight is 448 g/mol. The molecule has 162 valence electrons. The van der Waals surface area contributed by atoms with Crippen LogP contribution in [0.2, 0.25) is 0 Å². The van der Waals surface area contributed by atoms with E-state index in [4.69, 9.17) is 0 Å². The van der Waals surface area contributed by atoms with E-state index in [1.807, 2.05) is 4.90 Å². The monoisotopic (exact) mass is 447 g/mol. The third-order valence-electron chi connectivity index (χ3n) is 5.99. The van der Waals surface area contributed by atoms with Gasteiger partial charge < -0.3 is 4.90 Å². The molecule has 4 rings (SSSR count). The number of piperidine rings is 1. The molecule has 0 bridgehead atoms. The fourth-order valence-electron chi connectivity index (χ4n) is 4.17. The van der Waals surface area contributed by atoms with Crippen LogP contribution >= 0.6 is 11.3 Å². The first kappa shape index (κ1) is 21.5. The predicted molar refractivity (Wildman–Crippen MR) is 119 cm³/mol. The van der Waals surface area contributed by atoms with Crippen LogP contribution in [0.4, 0.5) is 0 Å². The van der Waals surface area contributed by atoms with Crippen LogP contribution in [0.1, 0.15) is 40.1 Å². The zero-order valence-corrected chi connectivity index (χ0v) is 19.1. The molecule has 0 spiro atoms. The second-order valence-electron chi connectivity index (χ2n) is 8.09. The number of carbonyl (C=O) groups excluding carboxylic acids is 1. The lowest BCUT2D eigenvalue weighted by Gasteiger charge is -2.34. The van der Waals surface area contributed by atoms with E-state index in [9.17, 15) is 13.2 Å². The number of nitrogens with zero attached hydrogens (tertiary/aromatic N) is 3. The Morgan fingerprint density at radius 1 is 1.00 bits per heavy atom. The van der Waals surface area contributed by atoms with Gasteiger partial charge in [-0.25, -0.2) is 8.42 Å². The van der Waals surface area contributed by atoms with Gasteiger partial charge in [-0.15, -0.1) is 11.3 Å². The van der Waals surface area contributed by atoms with Gasteiger partial charge in [0.15, 0.2) is 0 Å². The van der Waals surface area contributed by atoms with Gasteiger partial charge in [-0.2, -0.15) is 4.31 Å². The molecule has 2 fully saturated rings. The zero-order chi connectivity index (χ0) is 21.1. The topological polar surface area (TPSA) is 60.9 Å². The quantitative estimate of drug-likeness (QED) is 0.706. The Balaban J connectivity index is 1.45. The van der Waals surface area contributed by atoms with Crippen molar-refractivity contribution in [3.63, 3.8) is 0 Å². The molecule has 2 aliphatic rings. The highest BCUT2D eigenvalue weighted by molar-refractivity contribution is 7.89. The fraction of sp³-hybridized carbons (Fsp3) is 0.500. The summed E-state index contributed by atoms with van der Waals surface area (Å²) < 4.78 is 27.9. The molecule has 0 radical (unpaired) electrons. The normalized spacial score (nSPS) is 19.2. The first-order valence-corrected chi connectivity index (χ1v) is 12.9. The van der Waals surface area contributed by atoms with Gasteiger partial charge in [0.1, 0.15) is 0 Å². The lowest BCUT2D eigenvalue weighted by Crippen LogP contribution is -2.48. The molecule has 0 saturated carbocycles. The van der Waals surface area contributed by atoms with E-state index in [1.54, 1.807) is 40.8 Å². The maximum absolute atomic E-state index is 13.1. The van der Waals surface area contributed by atoms with Gasteiger partial charge in [0, 0.05) is 56.3 Å². The van der Waals surface area contributed by atoms with Crippen molar-refractivity contribution in [2.45, 2.75) is 37.6 Å². The van der Waals surface area contributed by atoms with Crippen LogP contribution in [0.5, 0.6) is 0 Å². The van der Waals surface area contributed by atoms with Crippen molar-refractivity contribution in [2.24, 2.45) is 0 Å². The SMILES string of the molecule is Cc1ccc(C(=O)N2CCN(Cc3cccs3)CC2)cc1S(=O)(=O)N1CCCCC1. The van der Waals surface area contributed by atoms with Gasteiger partial charge >= 0.3 is 0 Å². The molecule has 0 unspecified atom stereocenters. The van der Waals surface area contributed by atoms with Crippen molar-refractivity contribution < 1.29 is 13.2 Å². The van der Waals surface area contributed by atoms with Crippen LogP contribution in [-0.4, -0.2) is 67.7 Å². The number of rotatable bonds is 5. The molecule has 1 aromatic carbocycles. The Morgan fingerprint density at radius 3 is 2.40 bits per heavy atom. The number of hydrogen-bond donors (Lipinski definition) is 0. The van der Waals surface area contributed by atoms with E-state index in [-0.39, 0.29) is 10.8 Å². The maximum Gasteiger partial charge on any atom is 0.253 e. The van der Waals surface area contributed by atoms with Crippen molar-refractivity contribution in [3.05, 3.63) is 51.7 Å². The molecule has 6 nitrogen and oxygen atoms in total. The third kappa shape index (κ3) is 4.61. The summed E-state index contributed by atoms with van der Waals surface area (Å²) in [6, 6.07) is 9.30. The molecule has 2 aromatic rings. The van der Waals surface area contributed by atoms with Crippen molar-refractivity contribution in [2.75, 3.05) is 39.3 Å². The Morgan fingerprint density at radius 2 is 1.73 bits per heavy atom. The molecule has 2 aliphatic heterocycles. The van der Waals surface area contributed by atoms with Gasteiger partial charge in [0.05, 0.1) is 4.90 Å². The van der Waals surface area contributed by atoms with Gasteiger partial charge in [-0.3, -0.25) is 9.69 Å². The molecule has 0 atom stereocenters. The molecule has 1 aromatic heterocycles. The average Bonchev–Trinajstić information content (AvgIpc) is 3.28. The molecule has 1 amide bonds. The first-order chi connectivity index (χ1) is 14.4. The van der Waals surface area contributed by atoms with E-state index in [1.165, 1.54) is 4.88 Å². The molecule has 0 N–H and O–H groups in total. The van der Waals surface area contributed by atoms with Crippen molar-refractivity contribution in [1.82, 2.24) is 14.1 Å². The van der Waals surface area contributed by atoms with Crippen molar-refractivity contribution in [3.8, 4) is 0 Å². The number of benzene rings is 1. The second-order valence-corrected chi connectivity index (χ2v) is 11.0. The molecule has 30 heavy (non-hydrogen) atoms. The number of thiophene rings is 1. The smallest absolute Gasteiger partial charge is 0.253 e. The van der Waals surface area contributed by atoms with Gasteiger partial charge in [-0.05, 0) is 48.9 Å². The Labute approximate surface area is 183 Å². The van der Waals surface area contributed by atoms with Crippen LogP contribution in [0.15, 0.2) is 40.6 Å². The lowest BCUT2D eigenvalue weighted by atomic mass is 10.1. The number of hydrogen-bond acceptors (Lipinski definition) is 5. The van der Waals surface area contributed by atoms with Gasteiger partial charge in [0.25, 0.3) is 5.91 Å². The van der Waals surface area contributed by atoms with E-state index >= 15 is 0 Å². The molecular weight excluding hydrogens is 418 g/mol. The predicted octanol–water partition coefficient (Wildman–Crippen LogP) is 3.19. The number of piperazine rings is 1. The minimum absolute atomic E-state index is 0.0825.